The Morgan fingerprint density at radius 2 is 2.00 bits per heavy atom. The lowest BCUT2D eigenvalue weighted by Crippen LogP contribution is -2.30. The van der Waals surface area contributed by atoms with E-state index in [-0.39, 0.29) is 5.82 Å². The number of hydrogen-bond acceptors (Lipinski definition) is 3. The van der Waals surface area contributed by atoms with Crippen LogP contribution in [0.15, 0.2) is 30.5 Å². The number of anilines is 1. The summed E-state index contributed by atoms with van der Waals surface area (Å²) >= 11 is 0. The molecule has 0 aromatic heterocycles. The molecular weight excluding hydrogens is 197 g/mol. The molecule has 0 amide bonds. The second-order valence-electron chi connectivity index (χ2n) is 3.32. The first-order valence-corrected chi connectivity index (χ1v) is 4.51. The van der Waals surface area contributed by atoms with Crippen molar-refractivity contribution in [2.75, 3.05) is 19.5 Å². The molecule has 1 aliphatic heterocycles. The molecule has 15 heavy (non-hydrogen) atoms. The van der Waals surface area contributed by atoms with Gasteiger partial charge in [-0.1, -0.05) is 6.58 Å². The highest BCUT2D eigenvalue weighted by molar-refractivity contribution is 5.65. The monoisotopic (exact) mass is 209 g/mol. The Morgan fingerprint density at radius 1 is 1.33 bits per heavy atom. The second kappa shape index (κ2) is 3.32. The Kier molecular flexibility index (Phi) is 2.25. The largest absolute Gasteiger partial charge is 0.354 e. The standard InChI is InChI=1S/C11H12FNO2/c1-7-11(14-2,15-3)9-5-4-8(12)6-10(9)13-7/h4-6,13H,1H2,2-3H3. The van der Waals surface area contributed by atoms with Gasteiger partial charge in [-0.3, -0.25) is 0 Å². The van der Waals surface area contributed by atoms with E-state index in [2.05, 4.69) is 11.9 Å². The van der Waals surface area contributed by atoms with Gasteiger partial charge in [0.05, 0.1) is 11.4 Å². The van der Waals surface area contributed by atoms with Crippen molar-refractivity contribution < 1.29 is 13.9 Å². The number of ether oxygens (including phenoxy) is 2. The zero-order valence-corrected chi connectivity index (χ0v) is 8.63. The summed E-state index contributed by atoms with van der Waals surface area (Å²) in [5.41, 5.74) is 1.91. The van der Waals surface area contributed by atoms with E-state index in [0.717, 1.165) is 5.56 Å². The zero-order chi connectivity index (χ0) is 11.1. The van der Waals surface area contributed by atoms with Gasteiger partial charge in [0.15, 0.2) is 0 Å². The van der Waals surface area contributed by atoms with E-state index in [0.29, 0.717) is 11.4 Å². The van der Waals surface area contributed by atoms with Crippen molar-refractivity contribution in [3.05, 3.63) is 41.9 Å². The molecule has 0 bridgehead atoms. The first kappa shape index (κ1) is 10.1. The van der Waals surface area contributed by atoms with Gasteiger partial charge in [-0.2, -0.15) is 0 Å². The highest BCUT2D eigenvalue weighted by Crippen LogP contribution is 2.44. The van der Waals surface area contributed by atoms with Crippen molar-refractivity contribution in [1.29, 1.82) is 0 Å². The van der Waals surface area contributed by atoms with Crippen LogP contribution in [0.1, 0.15) is 5.56 Å². The normalized spacial score (nSPS) is 17.4. The predicted octanol–water partition coefficient (Wildman–Crippen LogP) is 2.21. The van der Waals surface area contributed by atoms with Crippen molar-refractivity contribution in [1.82, 2.24) is 0 Å². The molecule has 0 atom stereocenters. The topological polar surface area (TPSA) is 30.5 Å². The van der Waals surface area contributed by atoms with E-state index in [1.807, 2.05) is 0 Å². The van der Waals surface area contributed by atoms with Gasteiger partial charge < -0.3 is 14.8 Å². The van der Waals surface area contributed by atoms with Gasteiger partial charge >= 0.3 is 0 Å². The molecule has 0 unspecified atom stereocenters. The summed E-state index contributed by atoms with van der Waals surface area (Å²) < 4.78 is 23.6. The SMILES string of the molecule is C=C1Nc2cc(F)ccc2C1(OC)OC. The Morgan fingerprint density at radius 3 is 2.60 bits per heavy atom. The van der Waals surface area contributed by atoms with Crippen molar-refractivity contribution in [3.8, 4) is 0 Å². The third-order valence-electron chi connectivity index (χ3n) is 2.59. The fourth-order valence-corrected chi connectivity index (χ4v) is 1.86. The van der Waals surface area contributed by atoms with E-state index in [4.69, 9.17) is 9.47 Å². The van der Waals surface area contributed by atoms with Crippen LogP contribution in [-0.4, -0.2) is 14.2 Å². The lowest BCUT2D eigenvalue weighted by molar-refractivity contribution is -0.181. The predicted molar refractivity (Wildman–Crippen MR) is 54.9 cm³/mol. The molecule has 2 rings (SSSR count). The molecule has 0 spiro atoms. The fourth-order valence-electron chi connectivity index (χ4n) is 1.86. The van der Waals surface area contributed by atoms with Crippen molar-refractivity contribution in [2.24, 2.45) is 0 Å². The van der Waals surface area contributed by atoms with E-state index in [1.165, 1.54) is 26.4 Å². The molecule has 1 aromatic rings. The smallest absolute Gasteiger partial charge is 0.238 e. The first-order chi connectivity index (χ1) is 7.14. The van der Waals surface area contributed by atoms with Gasteiger partial charge in [0, 0.05) is 19.8 Å². The number of nitrogens with one attached hydrogen (secondary N) is 1. The summed E-state index contributed by atoms with van der Waals surface area (Å²) in [6, 6.07) is 4.38. The van der Waals surface area contributed by atoms with Crippen LogP contribution in [0, 0.1) is 5.82 Å². The third kappa shape index (κ3) is 1.26. The Labute approximate surface area is 87.5 Å². The number of halogens is 1. The maximum atomic E-state index is 13.0. The number of benzene rings is 1. The third-order valence-corrected chi connectivity index (χ3v) is 2.59. The number of fused-ring (bicyclic) bond motifs is 1. The minimum absolute atomic E-state index is 0.308. The molecule has 0 fully saturated rings. The summed E-state index contributed by atoms with van der Waals surface area (Å²) in [6.45, 7) is 3.81. The van der Waals surface area contributed by atoms with Crippen LogP contribution in [0.2, 0.25) is 0 Å². The van der Waals surface area contributed by atoms with E-state index in [1.54, 1.807) is 6.07 Å². The molecule has 1 N–H and O–H groups in total. The summed E-state index contributed by atoms with van der Waals surface area (Å²) in [5, 5.41) is 2.95. The Bertz CT molecular complexity index is 413. The van der Waals surface area contributed by atoms with Gasteiger partial charge in [0.1, 0.15) is 5.82 Å². The molecule has 0 radical (unpaired) electrons. The van der Waals surface area contributed by atoms with Crippen LogP contribution < -0.4 is 5.32 Å². The maximum absolute atomic E-state index is 13.0. The highest BCUT2D eigenvalue weighted by Gasteiger charge is 2.43. The van der Waals surface area contributed by atoms with Gasteiger partial charge in [0.2, 0.25) is 5.79 Å². The molecule has 4 heteroatoms. The minimum Gasteiger partial charge on any atom is -0.354 e. The highest BCUT2D eigenvalue weighted by atomic mass is 19.1. The minimum atomic E-state index is -1.01. The van der Waals surface area contributed by atoms with Crippen LogP contribution in [-0.2, 0) is 15.3 Å². The van der Waals surface area contributed by atoms with Crippen molar-refractivity contribution in [3.63, 3.8) is 0 Å². The van der Waals surface area contributed by atoms with Crippen LogP contribution in [0.5, 0.6) is 0 Å². The van der Waals surface area contributed by atoms with Crippen molar-refractivity contribution >= 4 is 5.69 Å². The molecule has 80 valence electrons. The molecule has 1 heterocycles. The van der Waals surface area contributed by atoms with Gasteiger partial charge in [-0.25, -0.2) is 4.39 Å². The Hall–Kier alpha value is -1.39. The average molecular weight is 209 g/mol. The number of methoxy groups -OCH3 is 2. The van der Waals surface area contributed by atoms with Gasteiger partial charge in [-0.15, -0.1) is 0 Å². The van der Waals surface area contributed by atoms with E-state index < -0.39 is 5.79 Å². The number of hydrogen-bond donors (Lipinski definition) is 1. The molecule has 1 aliphatic rings. The first-order valence-electron chi connectivity index (χ1n) is 4.51. The molecule has 0 saturated carbocycles. The lowest BCUT2D eigenvalue weighted by Gasteiger charge is -2.26. The zero-order valence-electron chi connectivity index (χ0n) is 8.63. The van der Waals surface area contributed by atoms with E-state index in [9.17, 15) is 4.39 Å². The van der Waals surface area contributed by atoms with Gasteiger partial charge in [-0.05, 0) is 18.2 Å². The maximum Gasteiger partial charge on any atom is 0.238 e. The van der Waals surface area contributed by atoms with Crippen LogP contribution >= 0.6 is 0 Å². The molecule has 1 aromatic carbocycles. The summed E-state index contributed by atoms with van der Waals surface area (Å²) in [6.07, 6.45) is 0. The van der Waals surface area contributed by atoms with Gasteiger partial charge in [0.25, 0.3) is 0 Å². The molecular formula is C11H12FNO2. The number of rotatable bonds is 2. The second-order valence-corrected chi connectivity index (χ2v) is 3.32. The summed E-state index contributed by atoms with van der Waals surface area (Å²) in [5.74, 6) is -1.32. The van der Waals surface area contributed by atoms with E-state index >= 15 is 0 Å². The van der Waals surface area contributed by atoms with Crippen molar-refractivity contribution in [2.45, 2.75) is 5.79 Å². The molecule has 0 saturated heterocycles. The quantitative estimate of drug-likeness (QED) is 0.757. The average Bonchev–Trinajstić information content (AvgIpc) is 2.49. The fraction of sp³-hybridized carbons (Fsp3) is 0.273. The van der Waals surface area contributed by atoms with Crippen LogP contribution in [0.4, 0.5) is 10.1 Å². The summed E-state index contributed by atoms with van der Waals surface area (Å²) in [7, 11) is 3.05. The molecule has 3 nitrogen and oxygen atoms in total. The Balaban J connectivity index is 2.59. The molecule has 0 aliphatic carbocycles. The van der Waals surface area contributed by atoms with Crippen LogP contribution in [0.3, 0.4) is 0 Å². The lowest BCUT2D eigenvalue weighted by atomic mass is 10.1. The summed E-state index contributed by atoms with van der Waals surface area (Å²) in [4.78, 5) is 0. The van der Waals surface area contributed by atoms with Crippen LogP contribution in [0.25, 0.3) is 0 Å².